The molecule has 0 aromatic carbocycles. The van der Waals surface area contributed by atoms with Gasteiger partial charge in [-0.25, -0.2) is 9.97 Å². The van der Waals surface area contributed by atoms with E-state index < -0.39 is 12.1 Å². The Hall–Kier alpha value is -2.19. The maximum atomic E-state index is 13.0. The van der Waals surface area contributed by atoms with Crippen LogP contribution < -0.4 is 5.32 Å². The second-order valence-electron chi connectivity index (χ2n) is 6.63. The maximum Gasteiger partial charge on any atom is 0.393 e. The van der Waals surface area contributed by atoms with Gasteiger partial charge in [-0.2, -0.15) is 13.2 Å². The summed E-state index contributed by atoms with van der Waals surface area (Å²) in [7, 11) is 0. The van der Waals surface area contributed by atoms with Gasteiger partial charge in [0.25, 0.3) is 0 Å². The molecule has 0 amide bonds. The number of nitrogens with zero attached hydrogens (tertiary/aromatic N) is 5. The number of alkyl halides is 3. The van der Waals surface area contributed by atoms with Crippen molar-refractivity contribution in [2.45, 2.75) is 57.8 Å². The first-order valence-corrected chi connectivity index (χ1v) is 8.56. The van der Waals surface area contributed by atoms with Crippen molar-refractivity contribution in [3.8, 4) is 0 Å². The zero-order chi connectivity index (χ0) is 17.4. The van der Waals surface area contributed by atoms with Crippen LogP contribution in [0.4, 0.5) is 19.0 Å². The summed E-state index contributed by atoms with van der Waals surface area (Å²) in [5.41, 5.74) is 2.17. The molecule has 0 saturated carbocycles. The standard InChI is InChI=1S/C16H19F3N6/c17-16(18,19)10-5-6-13-23-24-14(25(13)8-10)7-20-15-11-3-1-2-4-12(11)21-9-22-15/h9-10H,1-8H2,(H,20,21,22)/t10-/m1/s1. The quantitative estimate of drug-likeness (QED) is 0.920. The summed E-state index contributed by atoms with van der Waals surface area (Å²) in [5, 5.41) is 11.4. The van der Waals surface area contributed by atoms with Crippen LogP contribution in [-0.2, 0) is 32.4 Å². The SMILES string of the molecule is FC(F)(F)[C@@H]1CCc2nnc(CNc3ncnc4c3CCCC4)n2C1. The molecule has 134 valence electrons. The average Bonchev–Trinajstić information content (AvgIpc) is 3.01. The van der Waals surface area contributed by atoms with Gasteiger partial charge in [0.15, 0.2) is 5.82 Å². The van der Waals surface area contributed by atoms with E-state index in [-0.39, 0.29) is 13.0 Å². The van der Waals surface area contributed by atoms with E-state index in [0.717, 1.165) is 42.8 Å². The minimum atomic E-state index is -4.18. The third-order valence-electron chi connectivity index (χ3n) is 5.03. The molecule has 0 unspecified atom stereocenters. The van der Waals surface area contributed by atoms with E-state index in [0.29, 0.717) is 24.6 Å². The lowest BCUT2D eigenvalue weighted by molar-refractivity contribution is -0.182. The van der Waals surface area contributed by atoms with Gasteiger partial charge in [0.2, 0.25) is 0 Å². The molecule has 2 aromatic rings. The van der Waals surface area contributed by atoms with Crippen LogP contribution in [0.1, 0.15) is 42.2 Å². The first kappa shape index (κ1) is 16.3. The number of fused-ring (bicyclic) bond motifs is 2. The van der Waals surface area contributed by atoms with Crippen molar-refractivity contribution >= 4 is 5.82 Å². The zero-order valence-electron chi connectivity index (χ0n) is 13.7. The minimum Gasteiger partial charge on any atom is -0.362 e. The monoisotopic (exact) mass is 352 g/mol. The third-order valence-corrected chi connectivity index (χ3v) is 5.03. The topological polar surface area (TPSA) is 68.5 Å². The molecular weight excluding hydrogens is 333 g/mol. The van der Waals surface area contributed by atoms with Crippen molar-refractivity contribution in [3.63, 3.8) is 0 Å². The summed E-state index contributed by atoms with van der Waals surface area (Å²) >= 11 is 0. The van der Waals surface area contributed by atoms with Crippen LogP contribution in [0.15, 0.2) is 6.33 Å². The van der Waals surface area contributed by atoms with Crippen LogP contribution in [-0.4, -0.2) is 30.9 Å². The first-order valence-electron chi connectivity index (χ1n) is 8.56. The highest BCUT2D eigenvalue weighted by Crippen LogP contribution is 2.34. The van der Waals surface area contributed by atoms with Gasteiger partial charge in [0.05, 0.1) is 12.5 Å². The average molecular weight is 352 g/mol. The van der Waals surface area contributed by atoms with Gasteiger partial charge in [-0.15, -0.1) is 10.2 Å². The van der Waals surface area contributed by atoms with Crippen molar-refractivity contribution in [1.29, 1.82) is 0 Å². The van der Waals surface area contributed by atoms with Gasteiger partial charge < -0.3 is 9.88 Å². The van der Waals surface area contributed by atoms with Crippen molar-refractivity contribution < 1.29 is 13.2 Å². The Bertz CT molecular complexity index is 770. The molecule has 0 fully saturated rings. The number of halogens is 3. The summed E-state index contributed by atoms with van der Waals surface area (Å²) < 4.78 is 40.7. The van der Waals surface area contributed by atoms with Crippen LogP contribution in [0.5, 0.6) is 0 Å². The molecule has 1 atom stereocenters. The fourth-order valence-corrected chi connectivity index (χ4v) is 3.62. The van der Waals surface area contributed by atoms with Gasteiger partial charge in [-0.1, -0.05) is 0 Å². The fourth-order valence-electron chi connectivity index (χ4n) is 3.62. The lowest BCUT2D eigenvalue weighted by Crippen LogP contribution is -2.33. The Morgan fingerprint density at radius 2 is 1.96 bits per heavy atom. The predicted molar refractivity (Wildman–Crippen MR) is 83.9 cm³/mol. The summed E-state index contributed by atoms with van der Waals surface area (Å²) in [5.74, 6) is 0.570. The molecule has 25 heavy (non-hydrogen) atoms. The number of nitrogens with one attached hydrogen (secondary N) is 1. The number of rotatable bonds is 3. The van der Waals surface area contributed by atoms with Gasteiger partial charge in [0.1, 0.15) is 18.0 Å². The highest BCUT2D eigenvalue weighted by atomic mass is 19.4. The highest BCUT2D eigenvalue weighted by Gasteiger charge is 2.42. The van der Waals surface area contributed by atoms with E-state index in [1.54, 1.807) is 4.57 Å². The molecule has 1 aliphatic carbocycles. The summed E-state index contributed by atoms with van der Waals surface area (Å²) in [6, 6.07) is 0. The first-order chi connectivity index (χ1) is 12.0. The number of anilines is 1. The van der Waals surface area contributed by atoms with Crippen molar-refractivity contribution in [3.05, 3.63) is 29.2 Å². The van der Waals surface area contributed by atoms with Crippen LogP contribution in [0.2, 0.25) is 0 Å². The number of hydrogen-bond donors (Lipinski definition) is 1. The van der Waals surface area contributed by atoms with E-state index in [1.165, 1.54) is 6.33 Å². The largest absolute Gasteiger partial charge is 0.393 e. The van der Waals surface area contributed by atoms with Crippen molar-refractivity contribution in [1.82, 2.24) is 24.7 Å². The lowest BCUT2D eigenvalue weighted by atomic mass is 9.96. The van der Waals surface area contributed by atoms with E-state index in [1.807, 2.05) is 0 Å². The van der Waals surface area contributed by atoms with Crippen LogP contribution in [0, 0.1) is 5.92 Å². The molecule has 3 heterocycles. The molecule has 2 aliphatic rings. The van der Waals surface area contributed by atoms with Crippen molar-refractivity contribution in [2.75, 3.05) is 5.32 Å². The predicted octanol–water partition coefficient (Wildman–Crippen LogP) is 2.68. The van der Waals surface area contributed by atoms with E-state index in [4.69, 9.17) is 0 Å². The molecule has 4 rings (SSSR count). The molecule has 6 nitrogen and oxygen atoms in total. The molecule has 0 bridgehead atoms. The number of hydrogen-bond acceptors (Lipinski definition) is 5. The maximum absolute atomic E-state index is 13.0. The van der Waals surface area contributed by atoms with Crippen LogP contribution >= 0.6 is 0 Å². The Kier molecular flexibility index (Phi) is 4.09. The Morgan fingerprint density at radius 1 is 1.12 bits per heavy atom. The van der Waals surface area contributed by atoms with Gasteiger partial charge in [-0.05, 0) is 32.1 Å². The number of aryl methyl sites for hydroxylation is 2. The summed E-state index contributed by atoms with van der Waals surface area (Å²) in [4.78, 5) is 8.62. The molecule has 9 heteroatoms. The summed E-state index contributed by atoms with van der Waals surface area (Å²) in [6.07, 6.45) is 1.83. The molecule has 0 radical (unpaired) electrons. The third kappa shape index (κ3) is 3.19. The summed E-state index contributed by atoms with van der Waals surface area (Å²) in [6.45, 7) is 0.200. The smallest absolute Gasteiger partial charge is 0.362 e. The molecule has 2 aromatic heterocycles. The minimum absolute atomic E-state index is 0.0779. The molecule has 0 spiro atoms. The van der Waals surface area contributed by atoms with Gasteiger partial charge >= 0.3 is 6.18 Å². The Labute approximate surface area is 142 Å². The Morgan fingerprint density at radius 3 is 2.80 bits per heavy atom. The van der Waals surface area contributed by atoms with Gasteiger partial charge in [-0.3, -0.25) is 0 Å². The normalized spacial score (nSPS) is 20.0. The highest BCUT2D eigenvalue weighted by molar-refractivity contribution is 5.47. The lowest BCUT2D eigenvalue weighted by Gasteiger charge is -2.26. The van der Waals surface area contributed by atoms with Gasteiger partial charge in [0, 0.05) is 24.2 Å². The fraction of sp³-hybridized carbons (Fsp3) is 0.625. The van der Waals surface area contributed by atoms with Crippen LogP contribution in [0.25, 0.3) is 0 Å². The van der Waals surface area contributed by atoms with Crippen LogP contribution in [0.3, 0.4) is 0 Å². The molecule has 0 saturated heterocycles. The van der Waals surface area contributed by atoms with E-state index >= 15 is 0 Å². The molecule has 1 aliphatic heterocycles. The zero-order valence-corrected chi connectivity index (χ0v) is 13.7. The second-order valence-corrected chi connectivity index (χ2v) is 6.63. The number of aromatic nitrogens is 5. The second kappa shape index (κ2) is 6.27. The Balaban J connectivity index is 1.51. The molecular formula is C16H19F3N6. The molecule has 1 N–H and O–H groups in total. The van der Waals surface area contributed by atoms with E-state index in [2.05, 4.69) is 25.5 Å². The van der Waals surface area contributed by atoms with Crippen molar-refractivity contribution in [2.24, 2.45) is 5.92 Å². The van der Waals surface area contributed by atoms with E-state index in [9.17, 15) is 13.2 Å².